The highest BCUT2D eigenvalue weighted by atomic mass is 35.5. The first-order chi connectivity index (χ1) is 11.3. The summed E-state index contributed by atoms with van der Waals surface area (Å²) < 4.78 is 0. The van der Waals surface area contributed by atoms with Crippen LogP contribution in [0.25, 0.3) is 0 Å². The molecule has 0 saturated heterocycles. The van der Waals surface area contributed by atoms with Gasteiger partial charge in [-0.1, -0.05) is 28.9 Å². The van der Waals surface area contributed by atoms with Crippen LogP contribution in [0.5, 0.6) is 0 Å². The lowest BCUT2D eigenvalue weighted by molar-refractivity contribution is -0.00742. The predicted molar refractivity (Wildman–Crippen MR) is 93.9 cm³/mol. The van der Waals surface area contributed by atoms with Crippen molar-refractivity contribution >= 4 is 23.3 Å². The number of carbonyl (C=O) groups is 1. The van der Waals surface area contributed by atoms with Crippen molar-refractivity contribution < 1.29 is 14.7 Å². The summed E-state index contributed by atoms with van der Waals surface area (Å²) in [5.74, 6) is -0.928. The van der Waals surface area contributed by atoms with Crippen molar-refractivity contribution in [2.45, 2.75) is 32.8 Å². The number of aryl methyl sites for hydroxylation is 2. The van der Waals surface area contributed by atoms with E-state index < -0.39 is 11.6 Å². The zero-order valence-electron chi connectivity index (χ0n) is 13.8. The van der Waals surface area contributed by atoms with Gasteiger partial charge in [-0.25, -0.2) is 4.79 Å². The monoisotopic (exact) mass is 343 g/mol. The lowest BCUT2D eigenvalue weighted by Gasteiger charge is -2.22. The fraction of sp³-hybridized carbons (Fsp3) is 0.263. The molecular formula is C19H18ClNO3. The largest absolute Gasteiger partial charge is 0.478 e. The predicted octanol–water partition coefficient (Wildman–Crippen LogP) is 4.69. The molecule has 0 aliphatic carbocycles. The van der Waals surface area contributed by atoms with Gasteiger partial charge in [0.15, 0.2) is 5.60 Å². The van der Waals surface area contributed by atoms with Crippen LogP contribution in [0.15, 0.2) is 41.6 Å². The number of benzene rings is 2. The smallest absolute Gasteiger partial charge is 0.335 e. The van der Waals surface area contributed by atoms with Crippen LogP contribution in [0.1, 0.15) is 46.0 Å². The molecule has 4 nitrogen and oxygen atoms in total. The molecule has 2 aromatic rings. The highest BCUT2D eigenvalue weighted by Crippen LogP contribution is 2.37. The van der Waals surface area contributed by atoms with Crippen molar-refractivity contribution in [1.29, 1.82) is 0 Å². The first-order valence-electron chi connectivity index (χ1n) is 7.65. The molecule has 1 N–H and O–H groups in total. The lowest BCUT2D eigenvalue weighted by Crippen LogP contribution is -2.22. The second-order valence-electron chi connectivity index (χ2n) is 6.39. The van der Waals surface area contributed by atoms with Crippen molar-refractivity contribution in [2.75, 3.05) is 0 Å². The number of hydrogen-bond acceptors (Lipinski definition) is 3. The Balaban J connectivity index is 1.89. The van der Waals surface area contributed by atoms with Crippen molar-refractivity contribution in [2.24, 2.45) is 5.16 Å². The van der Waals surface area contributed by atoms with Gasteiger partial charge in [-0.2, -0.15) is 0 Å². The molecule has 0 aromatic heterocycles. The first kappa shape index (κ1) is 16.5. The topological polar surface area (TPSA) is 58.9 Å². The summed E-state index contributed by atoms with van der Waals surface area (Å²) in [6, 6.07) is 11.1. The SMILES string of the molecule is Cc1cc(Cl)cc(C2(C)CC(c3ccc(C(=O)O)c(C)c3)=NO2)c1. The number of aromatic carboxylic acids is 1. The van der Waals surface area contributed by atoms with E-state index in [1.807, 2.05) is 38.1 Å². The molecule has 0 saturated carbocycles. The van der Waals surface area contributed by atoms with Crippen molar-refractivity contribution in [1.82, 2.24) is 0 Å². The summed E-state index contributed by atoms with van der Waals surface area (Å²) in [5.41, 5.74) is 4.14. The lowest BCUT2D eigenvalue weighted by atomic mass is 9.88. The maximum atomic E-state index is 11.1. The summed E-state index contributed by atoms with van der Waals surface area (Å²) in [6.45, 7) is 5.75. The van der Waals surface area contributed by atoms with Crippen LogP contribution in [0, 0.1) is 13.8 Å². The quantitative estimate of drug-likeness (QED) is 0.879. The van der Waals surface area contributed by atoms with Crippen LogP contribution in [0.4, 0.5) is 0 Å². The van der Waals surface area contributed by atoms with E-state index in [1.54, 1.807) is 19.1 Å². The molecule has 1 aliphatic rings. The second-order valence-corrected chi connectivity index (χ2v) is 6.83. The van der Waals surface area contributed by atoms with E-state index in [4.69, 9.17) is 21.5 Å². The van der Waals surface area contributed by atoms with Gasteiger partial charge in [0.1, 0.15) is 0 Å². The summed E-state index contributed by atoms with van der Waals surface area (Å²) in [6.07, 6.45) is 0.596. The average molecular weight is 344 g/mol. The normalized spacial score (nSPS) is 19.8. The van der Waals surface area contributed by atoms with E-state index in [0.717, 1.165) is 22.4 Å². The summed E-state index contributed by atoms with van der Waals surface area (Å²) in [5, 5.41) is 14.0. The van der Waals surface area contributed by atoms with Crippen molar-refractivity contribution in [3.05, 3.63) is 69.2 Å². The highest BCUT2D eigenvalue weighted by Gasteiger charge is 2.37. The Kier molecular flexibility index (Phi) is 4.10. The third-order valence-electron chi connectivity index (χ3n) is 4.30. The van der Waals surface area contributed by atoms with E-state index in [0.29, 0.717) is 22.6 Å². The minimum Gasteiger partial charge on any atom is -0.478 e. The molecule has 2 aromatic carbocycles. The van der Waals surface area contributed by atoms with Gasteiger partial charge in [0.25, 0.3) is 0 Å². The fourth-order valence-corrected chi connectivity index (χ4v) is 3.26. The van der Waals surface area contributed by atoms with E-state index in [1.165, 1.54) is 0 Å². The molecule has 24 heavy (non-hydrogen) atoms. The number of oxime groups is 1. The Hall–Kier alpha value is -2.33. The Morgan fingerprint density at radius 1 is 1.25 bits per heavy atom. The number of carboxylic acids is 1. The molecule has 0 amide bonds. The third-order valence-corrected chi connectivity index (χ3v) is 4.52. The number of carboxylic acid groups (broad SMARTS) is 1. The summed E-state index contributed by atoms with van der Waals surface area (Å²) in [4.78, 5) is 16.9. The van der Waals surface area contributed by atoms with Gasteiger partial charge in [0, 0.05) is 11.4 Å². The number of hydrogen-bond donors (Lipinski definition) is 1. The van der Waals surface area contributed by atoms with Gasteiger partial charge in [-0.3, -0.25) is 0 Å². The van der Waals surface area contributed by atoms with E-state index in [9.17, 15) is 4.79 Å². The molecule has 124 valence electrons. The Morgan fingerprint density at radius 3 is 2.62 bits per heavy atom. The van der Waals surface area contributed by atoms with Gasteiger partial charge >= 0.3 is 5.97 Å². The first-order valence-corrected chi connectivity index (χ1v) is 8.03. The maximum Gasteiger partial charge on any atom is 0.335 e. The third kappa shape index (κ3) is 3.02. The van der Waals surface area contributed by atoms with Gasteiger partial charge in [0.05, 0.1) is 11.3 Å². The fourth-order valence-electron chi connectivity index (χ4n) is 2.97. The van der Waals surface area contributed by atoms with Gasteiger partial charge < -0.3 is 9.94 Å². The summed E-state index contributed by atoms with van der Waals surface area (Å²) in [7, 11) is 0. The van der Waals surface area contributed by atoms with E-state index >= 15 is 0 Å². The van der Waals surface area contributed by atoms with Crippen molar-refractivity contribution in [3.63, 3.8) is 0 Å². The standard InChI is InChI=1S/C19H18ClNO3/c1-11-6-14(9-15(20)7-11)19(3)10-17(21-24-19)13-4-5-16(18(22)23)12(2)8-13/h4-9H,10H2,1-3H3,(H,22,23). The average Bonchev–Trinajstić information content (AvgIpc) is 2.90. The number of nitrogens with zero attached hydrogens (tertiary/aromatic N) is 1. The molecule has 0 bridgehead atoms. The molecule has 1 unspecified atom stereocenters. The van der Waals surface area contributed by atoms with Crippen molar-refractivity contribution in [3.8, 4) is 0 Å². The van der Waals surface area contributed by atoms with Crippen LogP contribution in [-0.2, 0) is 10.4 Å². The Morgan fingerprint density at radius 2 is 2.00 bits per heavy atom. The van der Waals surface area contributed by atoms with Crippen LogP contribution >= 0.6 is 11.6 Å². The number of rotatable bonds is 3. The van der Waals surface area contributed by atoms with Gasteiger partial charge in [-0.15, -0.1) is 0 Å². The molecule has 1 aliphatic heterocycles. The molecule has 5 heteroatoms. The molecule has 0 radical (unpaired) electrons. The zero-order chi connectivity index (χ0) is 17.5. The Labute approximate surface area is 145 Å². The summed E-state index contributed by atoms with van der Waals surface area (Å²) >= 11 is 6.16. The maximum absolute atomic E-state index is 11.1. The molecular weight excluding hydrogens is 326 g/mol. The van der Waals surface area contributed by atoms with E-state index in [-0.39, 0.29) is 0 Å². The minimum absolute atomic E-state index is 0.298. The van der Waals surface area contributed by atoms with Crippen LogP contribution in [0.3, 0.4) is 0 Å². The highest BCUT2D eigenvalue weighted by molar-refractivity contribution is 6.30. The molecule has 3 rings (SSSR count). The molecule has 0 fully saturated rings. The van der Waals surface area contributed by atoms with Crippen LogP contribution in [-0.4, -0.2) is 16.8 Å². The molecule has 1 atom stereocenters. The zero-order valence-corrected chi connectivity index (χ0v) is 14.5. The van der Waals surface area contributed by atoms with E-state index in [2.05, 4.69) is 5.16 Å². The van der Waals surface area contributed by atoms with Crippen LogP contribution < -0.4 is 0 Å². The Bertz CT molecular complexity index is 839. The molecule has 0 spiro atoms. The van der Waals surface area contributed by atoms with Gasteiger partial charge in [-0.05, 0) is 67.3 Å². The number of halogens is 1. The minimum atomic E-state index is -0.928. The van der Waals surface area contributed by atoms with Crippen LogP contribution in [0.2, 0.25) is 5.02 Å². The second kappa shape index (κ2) is 5.95. The van der Waals surface area contributed by atoms with Gasteiger partial charge in [0.2, 0.25) is 0 Å². The molecule has 1 heterocycles.